The van der Waals surface area contributed by atoms with E-state index in [-0.39, 0.29) is 5.88 Å². The predicted octanol–water partition coefficient (Wildman–Crippen LogP) is 0.697. The average molecular weight is 218 g/mol. The highest BCUT2D eigenvalue weighted by molar-refractivity contribution is 9.10. The number of halogens is 1. The van der Waals surface area contributed by atoms with Crippen molar-refractivity contribution in [2.45, 2.75) is 0 Å². The lowest BCUT2D eigenvalue weighted by molar-refractivity contribution is 0.209. The topological polar surface area (TPSA) is 78.1 Å². The molecule has 0 unspecified atom stereocenters. The van der Waals surface area contributed by atoms with Gasteiger partial charge in [0.1, 0.15) is 4.60 Å². The molecule has 0 aliphatic rings. The number of amides is 1. The summed E-state index contributed by atoms with van der Waals surface area (Å²) in [6.07, 6.45) is 1.79. The highest BCUT2D eigenvalue weighted by atomic mass is 79.9. The van der Waals surface area contributed by atoms with Crippen molar-refractivity contribution in [2.75, 3.05) is 0 Å². The molecule has 0 saturated heterocycles. The van der Waals surface area contributed by atoms with Gasteiger partial charge in [0.2, 0.25) is 5.88 Å². The number of rotatable bonds is 1. The molecule has 0 aliphatic heterocycles. The van der Waals surface area contributed by atoms with Crippen molar-refractivity contribution in [1.29, 1.82) is 0 Å². The van der Waals surface area contributed by atoms with E-state index in [4.69, 9.17) is 5.73 Å². The Morgan fingerprint density at radius 1 is 1.55 bits per heavy atom. The molecule has 0 aromatic carbocycles. The molecule has 5 nitrogen and oxygen atoms in total. The van der Waals surface area contributed by atoms with Crippen molar-refractivity contribution in [3.05, 3.63) is 17.0 Å². The van der Waals surface area contributed by atoms with Crippen LogP contribution in [0.25, 0.3) is 0 Å². The predicted molar refractivity (Wildman–Crippen MR) is 39.9 cm³/mol. The second kappa shape index (κ2) is 3.29. The summed E-state index contributed by atoms with van der Waals surface area (Å²) in [5.74, 6) is 0.0840. The summed E-state index contributed by atoms with van der Waals surface area (Å²) < 4.78 is 4.98. The number of nitrogens with two attached hydrogens (primary N) is 1. The molecule has 1 amide bonds. The third-order valence-corrected chi connectivity index (χ3v) is 1.21. The molecular formula is C5H4BrN3O2. The molecule has 11 heavy (non-hydrogen) atoms. The van der Waals surface area contributed by atoms with Gasteiger partial charge in [0.25, 0.3) is 0 Å². The lowest BCUT2D eigenvalue weighted by Gasteiger charge is -1.96. The van der Waals surface area contributed by atoms with E-state index < -0.39 is 6.09 Å². The quantitative estimate of drug-likeness (QED) is 0.752. The van der Waals surface area contributed by atoms with Crippen LogP contribution in [0.4, 0.5) is 4.79 Å². The van der Waals surface area contributed by atoms with E-state index in [1.54, 1.807) is 0 Å². The van der Waals surface area contributed by atoms with Crippen molar-refractivity contribution in [1.82, 2.24) is 9.97 Å². The first-order valence-corrected chi connectivity index (χ1v) is 3.42. The highest BCUT2D eigenvalue weighted by Gasteiger charge is 1.98. The summed E-state index contributed by atoms with van der Waals surface area (Å²) in [5.41, 5.74) is 4.72. The van der Waals surface area contributed by atoms with E-state index in [0.717, 1.165) is 0 Å². The van der Waals surface area contributed by atoms with E-state index >= 15 is 0 Å². The number of ether oxygens (including phenoxy) is 1. The highest BCUT2D eigenvalue weighted by Crippen LogP contribution is 2.07. The Hall–Kier alpha value is -1.17. The Kier molecular flexibility index (Phi) is 2.37. The molecule has 1 rings (SSSR count). The van der Waals surface area contributed by atoms with Gasteiger partial charge < -0.3 is 10.5 Å². The van der Waals surface area contributed by atoms with Gasteiger partial charge in [-0.15, -0.1) is 0 Å². The van der Waals surface area contributed by atoms with E-state index in [1.807, 2.05) is 0 Å². The molecule has 0 fully saturated rings. The smallest absolute Gasteiger partial charge is 0.390 e. The van der Waals surface area contributed by atoms with Gasteiger partial charge in [0, 0.05) is 0 Å². The molecule has 1 heterocycles. The Morgan fingerprint density at radius 2 is 2.27 bits per heavy atom. The normalized spacial score (nSPS) is 9.18. The van der Waals surface area contributed by atoms with Crippen LogP contribution in [0.1, 0.15) is 0 Å². The van der Waals surface area contributed by atoms with Gasteiger partial charge in [-0.1, -0.05) is 0 Å². The van der Waals surface area contributed by atoms with Crippen molar-refractivity contribution in [2.24, 2.45) is 5.73 Å². The second-order valence-corrected chi connectivity index (χ2v) is 2.41. The summed E-state index contributed by atoms with van der Waals surface area (Å²) in [5, 5.41) is 0. The van der Waals surface area contributed by atoms with Crippen LogP contribution in [0, 0.1) is 0 Å². The molecular weight excluding hydrogens is 214 g/mol. The Labute approximate surface area is 70.7 Å². The maximum atomic E-state index is 10.2. The number of hydrogen-bond acceptors (Lipinski definition) is 4. The maximum absolute atomic E-state index is 10.2. The minimum atomic E-state index is -0.901. The van der Waals surface area contributed by atoms with Crippen LogP contribution in [-0.2, 0) is 0 Å². The number of carbonyl (C=O) groups excluding carboxylic acids is 1. The van der Waals surface area contributed by atoms with Crippen molar-refractivity contribution < 1.29 is 9.53 Å². The fraction of sp³-hybridized carbons (Fsp3) is 0. The van der Waals surface area contributed by atoms with Crippen LogP contribution in [0.5, 0.6) is 5.88 Å². The number of hydrogen-bond donors (Lipinski definition) is 1. The zero-order valence-corrected chi connectivity index (χ0v) is 6.91. The van der Waals surface area contributed by atoms with Crippen LogP contribution in [0.2, 0.25) is 0 Å². The molecule has 1 aromatic heterocycles. The van der Waals surface area contributed by atoms with Crippen LogP contribution in [0.3, 0.4) is 0 Å². The zero-order valence-electron chi connectivity index (χ0n) is 5.32. The number of carbonyl (C=O) groups is 1. The first-order chi connectivity index (χ1) is 5.18. The Morgan fingerprint density at radius 3 is 2.73 bits per heavy atom. The molecule has 58 valence electrons. The molecule has 0 saturated carbocycles. The summed E-state index contributed by atoms with van der Waals surface area (Å²) in [4.78, 5) is 17.6. The number of aromatic nitrogens is 2. The monoisotopic (exact) mass is 217 g/mol. The Bertz CT molecular complexity index is 261. The lowest BCUT2D eigenvalue weighted by Crippen LogP contribution is -2.16. The maximum Gasteiger partial charge on any atom is 0.411 e. The number of primary amides is 1. The van der Waals surface area contributed by atoms with Gasteiger partial charge in [0.15, 0.2) is 0 Å². The summed E-state index contributed by atoms with van der Waals surface area (Å²) in [6, 6.07) is 0. The molecule has 6 heteroatoms. The van der Waals surface area contributed by atoms with Gasteiger partial charge in [-0.3, -0.25) is 0 Å². The van der Waals surface area contributed by atoms with Crippen molar-refractivity contribution in [3.63, 3.8) is 0 Å². The minimum Gasteiger partial charge on any atom is -0.390 e. The van der Waals surface area contributed by atoms with Crippen LogP contribution in [0.15, 0.2) is 17.0 Å². The van der Waals surface area contributed by atoms with Gasteiger partial charge in [-0.25, -0.2) is 14.8 Å². The van der Waals surface area contributed by atoms with E-state index in [9.17, 15) is 4.79 Å². The molecule has 0 spiro atoms. The third kappa shape index (κ3) is 2.50. The van der Waals surface area contributed by atoms with E-state index in [0.29, 0.717) is 4.60 Å². The first-order valence-electron chi connectivity index (χ1n) is 2.63. The first kappa shape index (κ1) is 7.93. The van der Waals surface area contributed by atoms with Gasteiger partial charge in [-0.2, -0.15) is 0 Å². The van der Waals surface area contributed by atoms with Crippen LogP contribution in [-0.4, -0.2) is 16.1 Å². The van der Waals surface area contributed by atoms with Crippen molar-refractivity contribution >= 4 is 22.0 Å². The fourth-order valence-corrected chi connectivity index (χ4v) is 0.661. The molecule has 0 atom stereocenters. The van der Waals surface area contributed by atoms with Crippen LogP contribution >= 0.6 is 15.9 Å². The summed E-state index contributed by atoms with van der Waals surface area (Å²) in [6.45, 7) is 0. The summed E-state index contributed by atoms with van der Waals surface area (Å²) in [7, 11) is 0. The van der Waals surface area contributed by atoms with E-state index in [2.05, 4.69) is 30.6 Å². The minimum absolute atomic E-state index is 0.0840. The molecule has 0 aliphatic carbocycles. The van der Waals surface area contributed by atoms with Gasteiger partial charge in [0.05, 0.1) is 12.4 Å². The summed E-state index contributed by atoms with van der Waals surface area (Å²) >= 11 is 3.07. The molecule has 0 radical (unpaired) electrons. The number of nitrogens with zero attached hydrogens (tertiary/aromatic N) is 2. The van der Waals surface area contributed by atoms with E-state index in [1.165, 1.54) is 12.4 Å². The lowest BCUT2D eigenvalue weighted by atomic mass is 10.7. The largest absolute Gasteiger partial charge is 0.411 e. The fourth-order valence-electron chi connectivity index (χ4n) is 0.456. The third-order valence-electron chi connectivity index (χ3n) is 0.802. The molecule has 1 aromatic rings. The van der Waals surface area contributed by atoms with Gasteiger partial charge in [-0.05, 0) is 15.9 Å². The van der Waals surface area contributed by atoms with Crippen molar-refractivity contribution in [3.8, 4) is 5.88 Å². The average Bonchev–Trinajstić information content (AvgIpc) is 1.93. The van der Waals surface area contributed by atoms with Crippen LogP contribution < -0.4 is 10.5 Å². The van der Waals surface area contributed by atoms with Gasteiger partial charge >= 0.3 is 6.09 Å². The standard InChI is InChI=1S/C5H4BrN3O2/c6-3-1-9-4(2-8-3)11-5(7)10/h1-2H,(H2,7,10). The Balaban J connectivity index is 2.74. The zero-order chi connectivity index (χ0) is 8.27. The molecule has 0 bridgehead atoms. The second-order valence-electron chi connectivity index (χ2n) is 1.60. The molecule has 2 N–H and O–H groups in total. The SMILES string of the molecule is NC(=O)Oc1cnc(Br)cn1.